The van der Waals surface area contributed by atoms with Crippen molar-refractivity contribution in [3.05, 3.63) is 58.3 Å². The van der Waals surface area contributed by atoms with Gasteiger partial charge in [0.15, 0.2) is 5.82 Å². The maximum Gasteiger partial charge on any atom is 0.288 e. The first-order chi connectivity index (χ1) is 15.6. The molecular weight excluding hydrogens is 509 g/mol. The molecule has 0 aliphatic carbocycles. The zero-order valence-corrected chi connectivity index (χ0v) is 20.5. The molecule has 2 aliphatic heterocycles. The van der Waals surface area contributed by atoms with E-state index in [1.807, 2.05) is 0 Å². The molecule has 0 spiro atoms. The van der Waals surface area contributed by atoms with E-state index in [1.54, 1.807) is 30.1 Å². The number of benzene rings is 2. The molecule has 0 bridgehead atoms. The second kappa shape index (κ2) is 7.95. The topological polar surface area (TPSA) is 105 Å². The molecule has 0 amide bonds. The molecule has 1 aromatic heterocycles. The zero-order valence-electron chi connectivity index (χ0n) is 17.4. The lowest BCUT2D eigenvalue weighted by Gasteiger charge is -2.30. The summed E-state index contributed by atoms with van der Waals surface area (Å²) in [5, 5.41) is 4.74. The molecule has 1 saturated heterocycles. The lowest BCUT2D eigenvalue weighted by atomic mass is 9.98. The monoisotopic (exact) mass is 527 g/mol. The van der Waals surface area contributed by atoms with Crippen LogP contribution in [0.3, 0.4) is 0 Å². The molecule has 2 aliphatic rings. The quantitative estimate of drug-likeness (QED) is 0.513. The molecule has 0 atom stereocenters. The molecule has 0 radical (unpaired) electrons. The minimum Gasteiger partial charge on any atom is -0.312 e. The maximum atomic E-state index is 13.1. The number of anilines is 2. The molecule has 0 unspecified atom stereocenters. The summed E-state index contributed by atoms with van der Waals surface area (Å²) in [5.74, 6) is 0.420. The first kappa shape index (κ1) is 22.6. The van der Waals surface area contributed by atoms with Gasteiger partial charge in [0.25, 0.3) is 10.0 Å². The molecule has 33 heavy (non-hydrogen) atoms. The normalized spacial score (nSPS) is 18.7. The average Bonchev–Trinajstić information content (AvgIpc) is 3.25. The van der Waals surface area contributed by atoms with Gasteiger partial charge in [-0.2, -0.15) is 17.7 Å². The summed E-state index contributed by atoms with van der Waals surface area (Å²) in [6.45, 7) is 0.470. The molecule has 0 saturated carbocycles. The maximum absolute atomic E-state index is 13.1. The highest BCUT2D eigenvalue weighted by molar-refractivity contribution is 7.90. The number of piperidine rings is 1. The van der Waals surface area contributed by atoms with Gasteiger partial charge >= 0.3 is 0 Å². The lowest BCUT2D eigenvalue weighted by Crippen LogP contribution is -2.38. The van der Waals surface area contributed by atoms with Crippen LogP contribution in [-0.4, -0.2) is 55.4 Å². The van der Waals surface area contributed by atoms with Gasteiger partial charge in [-0.25, -0.2) is 8.42 Å². The number of para-hydroxylation sites is 1. The molecule has 1 fully saturated rings. The van der Waals surface area contributed by atoms with Crippen LogP contribution in [-0.2, 0) is 20.0 Å². The smallest absolute Gasteiger partial charge is 0.288 e. The predicted molar refractivity (Wildman–Crippen MR) is 124 cm³/mol. The highest BCUT2D eigenvalue weighted by Crippen LogP contribution is 2.39. The van der Waals surface area contributed by atoms with Crippen LogP contribution in [0, 0.1) is 0 Å². The lowest BCUT2D eigenvalue weighted by molar-refractivity contribution is 0.313. The fraction of sp³-hybridized carbons (Fsp3) is 0.300. The molecule has 0 N–H and O–H groups in total. The first-order valence-corrected chi connectivity index (χ1v) is 13.7. The Kier molecular flexibility index (Phi) is 5.44. The highest BCUT2D eigenvalue weighted by atomic mass is 35.5. The Balaban J connectivity index is 1.39. The third-order valence-electron chi connectivity index (χ3n) is 5.94. The number of nitrogens with zero attached hydrogens (tertiary/aromatic N) is 5. The Morgan fingerprint density at radius 1 is 1.06 bits per heavy atom. The van der Waals surface area contributed by atoms with Crippen LogP contribution < -0.4 is 4.90 Å². The molecule has 9 nitrogen and oxygen atoms in total. The molecule has 3 aromatic rings. The van der Waals surface area contributed by atoms with Crippen molar-refractivity contribution in [3.63, 3.8) is 0 Å². The number of rotatable bonds is 3. The van der Waals surface area contributed by atoms with Crippen LogP contribution in [0.5, 0.6) is 0 Å². The summed E-state index contributed by atoms with van der Waals surface area (Å²) >= 11 is 12.0. The first-order valence-electron chi connectivity index (χ1n) is 10.1. The number of hydrogen-bond acceptors (Lipinski definition) is 7. The summed E-state index contributed by atoms with van der Waals surface area (Å²) < 4.78 is 54.5. The van der Waals surface area contributed by atoms with Crippen molar-refractivity contribution in [2.75, 3.05) is 25.0 Å². The van der Waals surface area contributed by atoms with E-state index in [0.717, 1.165) is 4.09 Å². The van der Waals surface area contributed by atoms with Crippen molar-refractivity contribution in [1.29, 1.82) is 0 Å². The van der Waals surface area contributed by atoms with Crippen molar-refractivity contribution in [1.82, 2.24) is 18.5 Å². The highest BCUT2D eigenvalue weighted by Gasteiger charge is 2.38. The minimum atomic E-state index is -3.86. The Bertz CT molecular complexity index is 1470. The van der Waals surface area contributed by atoms with E-state index in [0.29, 0.717) is 29.4 Å². The van der Waals surface area contributed by atoms with Gasteiger partial charge in [0.2, 0.25) is 16.0 Å². The van der Waals surface area contributed by atoms with Gasteiger partial charge in [0.1, 0.15) is 9.79 Å². The standard InChI is InChI=1S/C20H19Cl2N5O4S2/c1-25-16-4-2-3-5-18(16)33(30,31)27-20(25)23-19(24-27)13-8-10-26(11-9-13)32(28,29)17-7-6-14(21)12-15(17)22/h2-7,12-13H,8-11H2,1H3. The Labute approximate surface area is 201 Å². The van der Waals surface area contributed by atoms with Crippen molar-refractivity contribution < 1.29 is 16.8 Å². The summed E-state index contributed by atoms with van der Waals surface area (Å²) in [5.41, 5.74) is 0.532. The van der Waals surface area contributed by atoms with E-state index in [4.69, 9.17) is 23.2 Å². The second-order valence-corrected chi connectivity index (χ2v) is 12.4. The third-order valence-corrected chi connectivity index (χ3v) is 10.2. The largest absolute Gasteiger partial charge is 0.312 e. The second-order valence-electron chi connectivity index (χ2n) is 7.90. The van der Waals surface area contributed by atoms with Crippen LogP contribution >= 0.6 is 23.2 Å². The summed E-state index contributed by atoms with van der Waals surface area (Å²) in [4.78, 5) is 6.38. The summed E-state index contributed by atoms with van der Waals surface area (Å²) in [6, 6.07) is 11.0. The summed E-state index contributed by atoms with van der Waals surface area (Å²) in [6.07, 6.45) is 0.898. The number of fused-ring (bicyclic) bond motifs is 2. The van der Waals surface area contributed by atoms with Gasteiger partial charge in [0.05, 0.1) is 10.7 Å². The Morgan fingerprint density at radius 2 is 1.76 bits per heavy atom. The van der Waals surface area contributed by atoms with Crippen LogP contribution in [0.25, 0.3) is 0 Å². The van der Waals surface area contributed by atoms with E-state index in [-0.39, 0.29) is 39.8 Å². The van der Waals surface area contributed by atoms with Crippen LogP contribution in [0.4, 0.5) is 11.6 Å². The van der Waals surface area contributed by atoms with Gasteiger partial charge in [-0.1, -0.05) is 35.3 Å². The van der Waals surface area contributed by atoms with Crippen LogP contribution in [0.1, 0.15) is 24.6 Å². The molecule has 5 rings (SSSR count). The molecule has 13 heteroatoms. The SMILES string of the molecule is CN1c2ccccc2S(=O)(=O)n2nc(C3CCN(S(=O)(=O)c4ccc(Cl)cc4Cl)CC3)nc21. The number of aromatic nitrogens is 3. The number of hydrogen-bond donors (Lipinski definition) is 0. The van der Waals surface area contributed by atoms with Crippen molar-refractivity contribution in [3.8, 4) is 0 Å². The van der Waals surface area contributed by atoms with Gasteiger partial charge < -0.3 is 4.90 Å². The van der Waals surface area contributed by atoms with Gasteiger partial charge in [-0.05, 0) is 43.2 Å². The van der Waals surface area contributed by atoms with Crippen molar-refractivity contribution >= 4 is 54.9 Å². The van der Waals surface area contributed by atoms with E-state index in [1.165, 1.54) is 28.6 Å². The molecule has 3 heterocycles. The fourth-order valence-electron chi connectivity index (χ4n) is 4.17. The van der Waals surface area contributed by atoms with E-state index in [9.17, 15) is 16.8 Å². The zero-order chi connectivity index (χ0) is 23.5. The van der Waals surface area contributed by atoms with Crippen LogP contribution in [0.15, 0.2) is 52.3 Å². The van der Waals surface area contributed by atoms with Gasteiger partial charge in [0, 0.05) is 31.1 Å². The number of sulfonamides is 1. The minimum absolute atomic E-state index is 0.00748. The van der Waals surface area contributed by atoms with Gasteiger partial charge in [-0.15, -0.1) is 9.19 Å². The Morgan fingerprint density at radius 3 is 2.45 bits per heavy atom. The Hall–Kier alpha value is -2.18. The van der Waals surface area contributed by atoms with E-state index < -0.39 is 20.0 Å². The molecular formula is C20H19Cl2N5O4S2. The van der Waals surface area contributed by atoms with E-state index >= 15 is 0 Å². The predicted octanol–water partition coefficient (Wildman–Crippen LogP) is 3.47. The van der Waals surface area contributed by atoms with Crippen molar-refractivity contribution in [2.45, 2.75) is 28.6 Å². The van der Waals surface area contributed by atoms with Crippen molar-refractivity contribution in [2.24, 2.45) is 0 Å². The third kappa shape index (κ3) is 3.62. The summed E-state index contributed by atoms with van der Waals surface area (Å²) in [7, 11) is -5.91. The van der Waals surface area contributed by atoms with Gasteiger partial charge in [-0.3, -0.25) is 0 Å². The fourth-order valence-corrected chi connectivity index (χ4v) is 7.87. The number of halogens is 2. The molecule has 174 valence electrons. The van der Waals surface area contributed by atoms with E-state index in [2.05, 4.69) is 10.1 Å². The molecule has 2 aromatic carbocycles. The average molecular weight is 528 g/mol. The van der Waals surface area contributed by atoms with Crippen LogP contribution in [0.2, 0.25) is 10.0 Å².